The van der Waals surface area contributed by atoms with Gasteiger partial charge in [0.1, 0.15) is 0 Å². The van der Waals surface area contributed by atoms with Gasteiger partial charge in [0, 0.05) is 0 Å². The molecule has 0 amide bonds. The van der Waals surface area contributed by atoms with E-state index in [-0.39, 0.29) is 0 Å². The molecule has 4 aliphatic carbocycles. The van der Waals surface area contributed by atoms with Gasteiger partial charge in [-0.05, 0) is 216 Å². The Balaban J connectivity index is 0.000000128. The summed E-state index contributed by atoms with van der Waals surface area (Å²) in [6.45, 7) is 0. The SMILES string of the molecule is c1ccc2c(c1)C1=C(c3cc4ccccc4c4ccccc34)c3ccccc3C1=C2c1cc2ccccc2c2ccccc12.c1ccc2c(c1)C1=C(c3cccc4ccccc34)c3ccccc3C1=C2c1ccc2c3ccccc3c3ccccc3c2c1. The fourth-order valence-corrected chi connectivity index (χ4v) is 16.0. The first-order valence-corrected chi connectivity index (χ1v) is 30.7. The number of rotatable bonds is 4. The van der Waals surface area contributed by atoms with Crippen LogP contribution in [0, 0.1) is 0 Å². The van der Waals surface area contributed by atoms with E-state index in [1.165, 1.54) is 198 Å². The van der Waals surface area contributed by atoms with Gasteiger partial charge in [0.05, 0.1) is 0 Å². The van der Waals surface area contributed by atoms with Crippen LogP contribution in [0.3, 0.4) is 0 Å². The van der Waals surface area contributed by atoms with Crippen molar-refractivity contribution in [3.63, 3.8) is 0 Å². The monoisotopic (exact) mass is 1110 g/mol. The Bertz CT molecular complexity index is 5690. The maximum atomic E-state index is 2.45. The molecule has 4 aliphatic rings. The van der Waals surface area contributed by atoms with Crippen LogP contribution in [0.25, 0.3) is 131 Å². The highest BCUT2D eigenvalue weighted by Crippen LogP contribution is 2.61. The van der Waals surface area contributed by atoms with E-state index in [2.05, 4.69) is 315 Å². The standard InChI is InChI=1S/2C44H26/c1-3-15-29-27(13-1)25-39(33-19-7-5-17-31(29)33)41-35-21-9-11-23-37(35)44-42(36-22-10-12-24-38(36)43(41)44)40-26-28-14-2-4-16-30(28)32-18-6-8-20-34(32)40;1-2-14-29-27(12-1)13-11-23-35(29)42-37-20-8-10-22-39(37)43-41(36-19-7-9-21-38(36)44(42)43)28-24-25-34-32-17-4-3-15-30(32)31-16-5-6-18-33(31)40(34)26-28/h2*1-26H. The minimum Gasteiger partial charge on any atom is -0.0616 e. The molecule has 0 heterocycles. The van der Waals surface area contributed by atoms with E-state index < -0.39 is 0 Å². The highest BCUT2D eigenvalue weighted by molar-refractivity contribution is 6.39. The van der Waals surface area contributed by atoms with E-state index >= 15 is 0 Å². The van der Waals surface area contributed by atoms with Gasteiger partial charge in [-0.25, -0.2) is 0 Å². The molecule has 88 heavy (non-hydrogen) atoms. The molecule has 0 atom stereocenters. The van der Waals surface area contributed by atoms with Crippen LogP contribution < -0.4 is 0 Å². The first-order valence-electron chi connectivity index (χ1n) is 30.7. The third kappa shape index (κ3) is 6.97. The van der Waals surface area contributed by atoms with Crippen molar-refractivity contribution >= 4 is 131 Å². The van der Waals surface area contributed by atoms with E-state index in [4.69, 9.17) is 0 Å². The molecule has 0 saturated heterocycles. The van der Waals surface area contributed by atoms with Crippen molar-refractivity contribution < 1.29 is 0 Å². The number of hydrogen-bond acceptors (Lipinski definition) is 0. The molecule has 0 bridgehead atoms. The van der Waals surface area contributed by atoms with Gasteiger partial charge in [-0.2, -0.15) is 0 Å². The van der Waals surface area contributed by atoms with Crippen LogP contribution in [-0.4, -0.2) is 0 Å². The lowest BCUT2D eigenvalue weighted by atomic mass is 9.87. The molecule has 16 aromatic rings. The summed E-state index contributed by atoms with van der Waals surface area (Å²) < 4.78 is 0. The van der Waals surface area contributed by atoms with Gasteiger partial charge < -0.3 is 0 Å². The Kier molecular flexibility index (Phi) is 10.6. The lowest BCUT2D eigenvalue weighted by molar-refractivity contribution is 1.54. The average molecular weight is 1110 g/mol. The predicted octanol–water partition coefficient (Wildman–Crippen LogP) is 23.1. The van der Waals surface area contributed by atoms with Gasteiger partial charge in [0.25, 0.3) is 0 Å². The molecule has 0 saturated carbocycles. The van der Waals surface area contributed by atoms with E-state index in [0.717, 1.165) is 0 Å². The minimum atomic E-state index is 1.27. The van der Waals surface area contributed by atoms with E-state index in [0.29, 0.717) is 0 Å². The second-order valence-electron chi connectivity index (χ2n) is 23.9. The van der Waals surface area contributed by atoms with Crippen molar-refractivity contribution in [2.75, 3.05) is 0 Å². The smallest absolute Gasteiger partial charge is 0.000740 e. The fourth-order valence-electron chi connectivity index (χ4n) is 16.0. The third-order valence-corrected chi connectivity index (χ3v) is 19.5. The Morgan fingerprint density at radius 1 is 0.114 bits per heavy atom. The maximum absolute atomic E-state index is 2.45. The third-order valence-electron chi connectivity index (χ3n) is 19.5. The van der Waals surface area contributed by atoms with Crippen molar-refractivity contribution in [3.8, 4) is 0 Å². The molecule has 0 unspecified atom stereocenters. The molecule has 0 aliphatic heterocycles. The van der Waals surface area contributed by atoms with Gasteiger partial charge in [0.15, 0.2) is 0 Å². The van der Waals surface area contributed by atoms with Gasteiger partial charge >= 0.3 is 0 Å². The largest absolute Gasteiger partial charge is 0.0616 e. The second kappa shape index (κ2) is 19.0. The van der Waals surface area contributed by atoms with Crippen LogP contribution in [0.2, 0.25) is 0 Å². The normalized spacial score (nSPS) is 13.7. The zero-order valence-electron chi connectivity index (χ0n) is 48.0. The molecule has 16 aromatic carbocycles. The molecule has 0 radical (unpaired) electrons. The summed E-state index contributed by atoms with van der Waals surface area (Å²) in [6.07, 6.45) is 0. The van der Waals surface area contributed by atoms with Gasteiger partial charge in [-0.3, -0.25) is 0 Å². The minimum absolute atomic E-state index is 1.27. The summed E-state index contributed by atoms with van der Waals surface area (Å²) in [5.41, 5.74) is 26.5. The lowest BCUT2D eigenvalue weighted by Gasteiger charge is -2.16. The van der Waals surface area contributed by atoms with Crippen molar-refractivity contribution in [2.24, 2.45) is 0 Å². The molecule has 0 N–H and O–H groups in total. The van der Waals surface area contributed by atoms with E-state index in [9.17, 15) is 0 Å². The number of benzene rings is 16. The van der Waals surface area contributed by atoms with Crippen LogP contribution in [0.5, 0.6) is 0 Å². The lowest BCUT2D eigenvalue weighted by Crippen LogP contribution is -1.94. The van der Waals surface area contributed by atoms with Crippen molar-refractivity contribution in [2.45, 2.75) is 0 Å². The Morgan fingerprint density at radius 3 is 0.807 bits per heavy atom. The number of allylic oxidation sites excluding steroid dienone is 4. The highest BCUT2D eigenvalue weighted by atomic mass is 14.4. The zero-order chi connectivity index (χ0) is 57.6. The summed E-state index contributed by atoms with van der Waals surface area (Å²) in [5.74, 6) is 0. The van der Waals surface area contributed by atoms with Crippen LogP contribution >= 0.6 is 0 Å². The summed E-state index contributed by atoms with van der Waals surface area (Å²) in [4.78, 5) is 0. The molecule has 0 aromatic heterocycles. The van der Waals surface area contributed by atoms with Crippen molar-refractivity contribution in [1.82, 2.24) is 0 Å². The first kappa shape index (κ1) is 48.9. The topological polar surface area (TPSA) is 0 Å². The van der Waals surface area contributed by atoms with E-state index in [1.807, 2.05) is 0 Å². The quantitative estimate of drug-likeness (QED) is 0.154. The maximum Gasteiger partial charge on any atom is -0.000740 e. The summed E-state index contributed by atoms with van der Waals surface area (Å²) in [6, 6.07) is 117. The van der Waals surface area contributed by atoms with Crippen molar-refractivity contribution in [3.05, 3.63) is 382 Å². The van der Waals surface area contributed by atoms with Crippen LogP contribution in [0.4, 0.5) is 0 Å². The molecule has 404 valence electrons. The van der Waals surface area contributed by atoms with Gasteiger partial charge in [-0.15, -0.1) is 0 Å². The fraction of sp³-hybridized carbons (Fsp3) is 0. The number of hydrogen-bond donors (Lipinski definition) is 0. The second-order valence-corrected chi connectivity index (χ2v) is 23.9. The summed E-state index contributed by atoms with van der Waals surface area (Å²) in [5, 5.41) is 20.8. The average Bonchev–Trinajstić information content (AvgIpc) is 3.00. The molecule has 0 heteroatoms. The number of fused-ring (bicyclic) bond motifs is 23. The van der Waals surface area contributed by atoms with Crippen LogP contribution in [-0.2, 0) is 0 Å². The molecule has 0 spiro atoms. The molecule has 0 fully saturated rings. The first-order chi connectivity index (χ1) is 43.7. The Morgan fingerprint density at radius 2 is 0.375 bits per heavy atom. The Labute approximate surface area is 509 Å². The van der Waals surface area contributed by atoms with Crippen LogP contribution in [0.1, 0.15) is 66.8 Å². The zero-order valence-corrected chi connectivity index (χ0v) is 48.0. The summed E-state index contributed by atoms with van der Waals surface area (Å²) in [7, 11) is 0. The highest BCUT2D eigenvalue weighted by Gasteiger charge is 2.40. The van der Waals surface area contributed by atoms with Crippen LogP contribution in [0.15, 0.2) is 315 Å². The summed E-state index contributed by atoms with van der Waals surface area (Å²) >= 11 is 0. The molecule has 20 rings (SSSR count). The predicted molar refractivity (Wildman–Crippen MR) is 375 cm³/mol. The Hall–Kier alpha value is -11.4. The molecule has 0 nitrogen and oxygen atoms in total. The van der Waals surface area contributed by atoms with Crippen molar-refractivity contribution in [1.29, 1.82) is 0 Å². The van der Waals surface area contributed by atoms with Gasteiger partial charge in [0.2, 0.25) is 0 Å². The van der Waals surface area contributed by atoms with Gasteiger partial charge in [-0.1, -0.05) is 297 Å². The van der Waals surface area contributed by atoms with E-state index in [1.54, 1.807) is 0 Å². The molecular formula is C88H52. The molecular weight excluding hydrogens is 1060 g/mol.